The van der Waals surface area contributed by atoms with E-state index in [1.165, 1.54) is 24.3 Å². The fourth-order valence-electron chi connectivity index (χ4n) is 7.47. The van der Waals surface area contributed by atoms with Crippen LogP contribution in [-0.4, -0.2) is 55.5 Å². The van der Waals surface area contributed by atoms with Gasteiger partial charge in [0.2, 0.25) is 10.0 Å². The zero-order chi connectivity index (χ0) is 54.5. The SMILES string of the molecule is C=C\C(=C/C=C(\C=C\S(N)(=O)=O)C(=O)c1ccc(C(=O)c2ccc(C(C)(C)C(C)(C)Oc3ccc(C(=O)c4ccc(C(=O)c5ccc(C(C)(C)C(C)(C)OC)cc5)cc4)cc3)cc2)cc1)OC(C)(C)C(C)(C)C. The molecule has 0 spiro atoms. The lowest BCUT2D eigenvalue weighted by atomic mass is 9.71. The highest BCUT2D eigenvalue weighted by Crippen LogP contribution is 2.40. The van der Waals surface area contributed by atoms with Crippen molar-refractivity contribution >= 4 is 33.2 Å². The Balaban J connectivity index is 1.24. The number of carbonyl (C=O) groups excluding carboxylic acids is 4. The Hall–Kier alpha value is -6.79. The molecule has 384 valence electrons. The molecule has 11 heteroatoms. The summed E-state index contributed by atoms with van der Waals surface area (Å²) in [4.78, 5) is 54.4. The van der Waals surface area contributed by atoms with Crippen molar-refractivity contribution in [1.82, 2.24) is 0 Å². The van der Waals surface area contributed by atoms with E-state index in [0.717, 1.165) is 22.6 Å². The third kappa shape index (κ3) is 13.3. The Labute approximate surface area is 433 Å². The van der Waals surface area contributed by atoms with Crippen molar-refractivity contribution in [1.29, 1.82) is 0 Å². The number of hydrogen-bond acceptors (Lipinski definition) is 9. The normalized spacial score (nSPS) is 13.4. The minimum atomic E-state index is -4.05. The monoisotopic (exact) mass is 1010 g/mol. The van der Waals surface area contributed by atoms with Gasteiger partial charge < -0.3 is 14.2 Å². The van der Waals surface area contributed by atoms with Gasteiger partial charge in [0.1, 0.15) is 22.7 Å². The average molecular weight is 1010 g/mol. The highest BCUT2D eigenvalue weighted by molar-refractivity contribution is 7.92. The smallest absolute Gasteiger partial charge is 0.231 e. The number of ether oxygens (including phenoxy) is 3. The number of allylic oxidation sites excluding steroid dienone is 5. The molecule has 0 aliphatic carbocycles. The van der Waals surface area contributed by atoms with Crippen molar-refractivity contribution in [3.8, 4) is 5.75 Å². The first-order valence-electron chi connectivity index (χ1n) is 24.1. The van der Waals surface area contributed by atoms with E-state index in [1.807, 2.05) is 98.7 Å². The maximum absolute atomic E-state index is 13.7. The summed E-state index contributed by atoms with van der Waals surface area (Å²) in [5.41, 5.74) is 2.08. The van der Waals surface area contributed by atoms with Crippen LogP contribution in [0.2, 0.25) is 0 Å². The van der Waals surface area contributed by atoms with Gasteiger partial charge >= 0.3 is 0 Å². The van der Waals surface area contributed by atoms with Gasteiger partial charge in [-0.1, -0.05) is 152 Å². The molecule has 5 aromatic rings. The van der Waals surface area contributed by atoms with Crippen LogP contribution in [0.1, 0.15) is 159 Å². The Bertz CT molecular complexity index is 3050. The molecule has 0 bridgehead atoms. The van der Waals surface area contributed by atoms with Crippen LogP contribution in [0.4, 0.5) is 0 Å². The first-order valence-corrected chi connectivity index (χ1v) is 25.7. The van der Waals surface area contributed by atoms with Crippen molar-refractivity contribution in [2.24, 2.45) is 10.6 Å². The van der Waals surface area contributed by atoms with Crippen molar-refractivity contribution in [2.45, 2.75) is 118 Å². The lowest BCUT2D eigenvalue weighted by molar-refractivity contribution is -0.0475. The van der Waals surface area contributed by atoms with Crippen molar-refractivity contribution < 1.29 is 41.8 Å². The molecule has 0 amide bonds. The summed E-state index contributed by atoms with van der Waals surface area (Å²) >= 11 is 0. The molecule has 0 aliphatic rings. The Kier molecular flexibility index (Phi) is 17.0. The quantitative estimate of drug-likeness (QED) is 0.0327. The zero-order valence-corrected chi connectivity index (χ0v) is 45.6. The second kappa shape index (κ2) is 21.7. The van der Waals surface area contributed by atoms with Gasteiger partial charge in [-0.05, 0) is 101 Å². The van der Waals surface area contributed by atoms with Gasteiger partial charge in [0.25, 0.3) is 0 Å². The van der Waals surface area contributed by atoms with Crippen LogP contribution in [0.15, 0.2) is 169 Å². The molecule has 0 aliphatic heterocycles. The predicted molar refractivity (Wildman–Crippen MR) is 292 cm³/mol. The summed E-state index contributed by atoms with van der Waals surface area (Å²) < 4.78 is 42.2. The minimum Gasteiger partial charge on any atom is -0.487 e. The molecule has 5 aromatic carbocycles. The number of sulfonamides is 1. The second-order valence-electron chi connectivity index (χ2n) is 21.9. The fraction of sp³-hybridized carbons (Fsp3) is 0.323. The lowest BCUT2D eigenvalue weighted by Gasteiger charge is -2.42. The minimum absolute atomic E-state index is 0.0152. The average Bonchev–Trinajstić information content (AvgIpc) is 3.34. The van der Waals surface area contributed by atoms with Gasteiger partial charge in [-0.15, -0.1) is 0 Å². The van der Waals surface area contributed by atoms with Crippen molar-refractivity contribution in [3.05, 3.63) is 219 Å². The van der Waals surface area contributed by atoms with E-state index in [2.05, 4.69) is 34.3 Å². The molecule has 2 N–H and O–H groups in total. The molecule has 0 saturated carbocycles. The van der Waals surface area contributed by atoms with Gasteiger partial charge in [-0.3, -0.25) is 19.2 Å². The Morgan fingerprint density at radius 3 is 1.18 bits per heavy atom. The van der Waals surface area contributed by atoms with Gasteiger partial charge in [-0.25, -0.2) is 13.6 Å². The van der Waals surface area contributed by atoms with Crippen molar-refractivity contribution in [3.63, 3.8) is 0 Å². The Morgan fingerprint density at radius 1 is 0.493 bits per heavy atom. The number of ketones is 4. The third-order valence-corrected chi connectivity index (χ3v) is 15.6. The molecule has 0 fully saturated rings. The second-order valence-corrected chi connectivity index (χ2v) is 23.3. The van der Waals surface area contributed by atoms with E-state index < -0.39 is 38.0 Å². The summed E-state index contributed by atoms with van der Waals surface area (Å²) in [6.07, 6.45) is 5.61. The van der Waals surface area contributed by atoms with Crippen LogP contribution in [0.5, 0.6) is 5.75 Å². The molecule has 0 atom stereocenters. The molecule has 0 unspecified atom stereocenters. The Morgan fingerprint density at radius 2 is 0.836 bits per heavy atom. The lowest BCUT2D eigenvalue weighted by Crippen LogP contribution is -2.47. The number of methoxy groups -OCH3 is 1. The van der Waals surface area contributed by atoms with Crippen LogP contribution in [-0.2, 0) is 30.3 Å². The zero-order valence-electron chi connectivity index (χ0n) is 44.8. The number of carbonyl (C=O) groups is 4. The summed E-state index contributed by atoms with van der Waals surface area (Å²) in [6, 6.07) is 34.7. The molecule has 0 saturated heterocycles. The molecular weight excluding hydrogens is 935 g/mol. The molecular formula is C62H71NO9S. The molecule has 5 rings (SSSR count). The highest BCUT2D eigenvalue weighted by Gasteiger charge is 2.41. The summed E-state index contributed by atoms with van der Waals surface area (Å²) in [5, 5.41) is 5.97. The van der Waals surface area contributed by atoms with E-state index in [9.17, 15) is 27.6 Å². The molecule has 0 heterocycles. The predicted octanol–water partition coefficient (Wildman–Crippen LogP) is 13.0. The van der Waals surface area contributed by atoms with Crippen LogP contribution >= 0.6 is 0 Å². The van der Waals surface area contributed by atoms with Gasteiger partial charge in [0.05, 0.1) is 5.60 Å². The standard InChI is InChI=1S/C62H71NO9S/c1-16-51(71-60(9,10)57(2,3)4)36-29-48(39-40-73(63,68)69)56(67)44-23-21-42(22-24-44)54(65)46-27-34-50(35-28-46)59(7,8)62(13,14)72-52-37-30-47(31-38-52)55(66)43-19-17-41(18-20-43)53(64)45-25-32-49(33-26-45)58(5,6)61(11,12)70-15/h16-40H,1H2,2-15H3,(H2,63,68,69)/b40-39+,48-29+,51-36+. The molecule has 73 heavy (non-hydrogen) atoms. The highest BCUT2D eigenvalue weighted by atomic mass is 32.2. The third-order valence-electron chi connectivity index (χ3n) is 15.1. The van der Waals surface area contributed by atoms with Gasteiger partial charge in [0.15, 0.2) is 23.1 Å². The van der Waals surface area contributed by atoms with Crippen LogP contribution in [0.3, 0.4) is 0 Å². The van der Waals surface area contributed by atoms with E-state index in [1.54, 1.807) is 86.0 Å². The maximum atomic E-state index is 13.7. The largest absolute Gasteiger partial charge is 0.487 e. The summed E-state index contributed by atoms with van der Waals surface area (Å²) in [6.45, 7) is 30.2. The van der Waals surface area contributed by atoms with Crippen molar-refractivity contribution in [2.75, 3.05) is 7.11 Å². The number of benzene rings is 5. The van der Waals surface area contributed by atoms with Crippen LogP contribution in [0.25, 0.3) is 0 Å². The first-order chi connectivity index (χ1) is 33.7. The number of primary sulfonamides is 1. The summed E-state index contributed by atoms with van der Waals surface area (Å²) in [7, 11) is -2.36. The number of hydrogen-bond donors (Lipinski definition) is 1. The van der Waals surface area contributed by atoms with Gasteiger partial charge in [-0.2, -0.15) is 0 Å². The number of nitrogens with two attached hydrogens (primary N) is 1. The maximum Gasteiger partial charge on any atom is 0.231 e. The summed E-state index contributed by atoms with van der Waals surface area (Å²) in [5.74, 6) is -0.135. The van der Waals surface area contributed by atoms with Crippen LogP contribution < -0.4 is 9.88 Å². The van der Waals surface area contributed by atoms with E-state index in [4.69, 9.17) is 19.3 Å². The topological polar surface area (TPSA) is 156 Å². The molecule has 0 radical (unpaired) electrons. The first kappa shape index (κ1) is 57.1. The van der Waals surface area contributed by atoms with Gasteiger partial charge in [0, 0.05) is 73.3 Å². The van der Waals surface area contributed by atoms with E-state index in [0.29, 0.717) is 44.9 Å². The molecule has 10 nitrogen and oxygen atoms in total. The van der Waals surface area contributed by atoms with E-state index >= 15 is 0 Å². The molecule has 0 aromatic heterocycles. The van der Waals surface area contributed by atoms with Crippen LogP contribution in [0, 0.1) is 5.41 Å². The van der Waals surface area contributed by atoms with E-state index in [-0.39, 0.29) is 39.3 Å². The number of Topliss-reactive ketones (excluding diaryl/α,β-unsaturated/α-hetero) is 1. The fourth-order valence-corrected chi connectivity index (χ4v) is 7.81. The number of rotatable bonds is 21.